The second kappa shape index (κ2) is 4.19. The number of nitrogens with one attached hydrogen (secondary N) is 1. The number of ether oxygens (including phenoxy) is 1. The van der Waals surface area contributed by atoms with Crippen molar-refractivity contribution in [2.45, 2.75) is 24.6 Å². The molecule has 1 aromatic carbocycles. The van der Waals surface area contributed by atoms with Gasteiger partial charge in [-0.25, -0.2) is 0 Å². The molecule has 1 aromatic rings. The van der Waals surface area contributed by atoms with Gasteiger partial charge in [0.25, 0.3) is 0 Å². The molecule has 0 unspecified atom stereocenters. The normalized spacial score (nSPS) is 17.1. The molecular formula is C12H12F3NO2. The average Bonchev–Trinajstić information content (AvgIpc) is 3.08. The highest BCUT2D eigenvalue weighted by Crippen LogP contribution is 2.49. The van der Waals surface area contributed by atoms with Crippen LogP contribution in [0.3, 0.4) is 0 Å². The molecule has 0 saturated heterocycles. The van der Waals surface area contributed by atoms with Crippen molar-refractivity contribution in [3.05, 3.63) is 29.8 Å². The van der Waals surface area contributed by atoms with Crippen molar-refractivity contribution in [3.63, 3.8) is 0 Å². The SMILES string of the molecule is COc1ccccc1C1(NC(=O)C(F)(F)F)CC1. The number of amides is 1. The lowest BCUT2D eigenvalue weighted by molar-refractivity contribution is -0.174. The molecule has 0 bridgehead atoms. The lowest BCUT2D eigenvalue weighted by atomic mass is 10.0. The molecule has 0 aromatic heterocycles. The molecule has 1 amide bonds. The van der Waals surface area contributed by atoms with Crippen LogP contribution in [0.2, 0.25) is 0 Å². The van der Waals surface area contributed by atoms with Crippen LogP contribution < -0.4 is 10.1 Å². The summed E-state index contributed by atoms with van der Waals surface area (Å²) >= 11 is 0. The van der Waals surface area contributed by atoms with Gasteiger partial charge < -0.3 is 10.1 Å². The van der Waals surface area contributed by atoms with Gasteiger partial charge in [-0.2, -0.15) is 13.2 Å². The highest BCUT2D eigenvalue weighted by Gasteiger charge is 2.52. The lowest BCUT2D eigenvalue weighted by Crippen LogP contribution is -2.43. The van der Waals surface area contributed by atoms with E-state index < -0.39 is 17.6 Å². The van der Waals surface area contributed by atoms with E-state index >= 15 is 0 Å². The molecule has 0 atom stereocenters. The Hall–Kier alpha value is -1.72. The Balaban J connectivity index is 2.25. The molecule has 3 nitrogen and oxygen atoms in total. The summed E-state index contributed by atoms with van der Waals surface area (Å²) in [7, 11) is 1.44. The largest absolute Gasteiger partial charge is 0.496 e. The topological polar surface area (TPSA) is 38.3 Å². The van der Waals surface area contributed by atoms with Gasteiger partial charge in [0.1, 0.15) is 5.75 Å². The summed E-state index contributed by atoms with van der Waals surface area (Å²) in [5.74, 6) is -1.43. The van der Waals surface area contributed by atoms with E-state index in [1.165, 1.54) is 7.11 Å². The van der Waals surface area contributed by atoms with Crippen LogP contribution in [-0.2, 0) is 10.3 Å². The summed E-state index contributed by atoms with van der Waals surface area (Å²) in [6, 6.07) is 6.76. The molecule has 18 heavy (non-hydrogen) atoms. The zero-order valence-corrected chi connectivity index (χ0v) is 9.67. The minimum atomic E-state index is -4.86. The molecule has 2 rings (SSSR count). The third-order valence-corrected chi connectivity index (χ3v) is 2.98. The van der Waals surface area contributed by atoms with Crippen molar-refractivity contribution in [1.29, 1.82) is 0 Å². The van der Waals surface area contributed by atoms with Gasteiger partial charge in [-0.3, -0.25) is 4.79 Å². The molecule has 0 heterocycles. The number of alkyl halides is 3. The Labute approximate surface area is 102 Å². The summed E-state index contributed by atoms with van der Waals surface area (Å²) in [5.41, 5.74) is -0.343. The van der Waals surface area contributed by atoms with Crippen LogP contribution >= 0.6 is 0 Å². The molecule has 1 N–H and O–H groups in total. The van der Waals surface area contributed by atoms with Crippen molar-refractivity contribution in [3.8, 4) is 5.75 Å². The molecule has 98 valence electrons. The second-order valence-corrected chi connectivity index (χ2v) is 4.23. The van der Waals surface area contributed by atoms with Crippen LogP contribution in [0.1, 0.15) is 18.4 Å². The fourth-order valence-corrected chi connectivity index (χ4v) is 1.91. The average molecular weight is 259 g/mol. The third kappa shape index (κ3) is 2.27. The Morgan fingerprint density at radius 1 is 1.33 bits per heavy atom. The molecule has 1 saturated carbocycles. The van der Waals surface area contributed by atoms with Gasteiger partial charge >= 0.3 is 12.1 Å². The first-order valence-electron chi connectivity index (χ1n) is 5.42. The molecule has 0 spiro atoms. The van der Waals surface area contributed by atoms with Gasteiger partial charge in [-0.1, -0.05) is 18.2 Å². The highest BCUT2D eigenvalue weighted by atomic mass is 19.4. The van der Waals surface area contributed by atoms with Gasteiger partial charge in [0, 0.05) is 5.56 Å². The van der Waals surface area contributed by atoms with E-state index in [2.05, 4.69) is 5.32 Å². The summed E-state index contributed by atoms with van der Waals surface area (Å²) in [6.45, 7) is 0. The van der Waals surface area contributed by atoms with Crippen molar-refractivity contribution in [2.75, 3.05) is 7.11 Å². The standard InChI is InChI=1S/C12H12F3NO2/c1-18-9-5-3-2-4-8(9)11(6-7-11)16-10(17)12(13,14)15/h2-5H,6-7H2,1H3,(H,16,17). The Morgan fingerprint density at radius 3 is 2.44 bits per heavy atom. The fourth-order valence-electron chi connectivity index (χ4n) is 1.91. The minimum absolute atomic E-state index is 0.481. The molecule has 6 heteroatoms. The smallest absolute Gasteiger partial charge is 0.471 e. The van der Waals surface area contributed by atoms with Crippen molar-refractivity contribution in [2.24, 2.45) is 0 Å². The number of rotatable bonds is 3. The highest BCUT2D eigenvalue weighted by molar-refractivity contribution is 5.83. The molecule has 0 aliphatic heterocycles. The van der Waals surface area contributed by atoms with Crippen LogP contribution in [0.4, 0.5) is 13.2 Å². The maximum atomic E-state index is 12.3. The summed E-state index contributed by atoms with van der Waals surface area (Å²) < 4.78 is 41.9. The minimum Gasteiger partial charge on any atom is -0.496 e. The number of carbonyl (C=O) groups is 1. The van der Waals surface area contributed by atoms with E-state index in [9.17, 15) is 18.0 Å². The number of para-hydroxylation sites is 1. The quantitative estimate of drug-likeness (QED) is 0.905. The molecule has 1 fully saturated rings. The van der Waals surface area contributed by atoms with E-state index in [0.717, 1.165) is 0 Å². The molecule has 0 radical (unpaired) electrons. The van der Waals surface area contributed by atoms with E-state index in [1.807, 2.05) is 0 Å². The third-order valence-electron chi connectivity index (χ3n) is 2.98. The first-order valence-corrected chi connectivity index (χ1v) is 5.42. The second-order valence-electron chi connectivity index (χ2n) is 4.23. The zero-order valence-electron chi connectivity index (χ0n) is 9.67. The molecule has 1 aliphatic carbocycles. The summed E-state index contributed by atoms with van der Waals surface area (Å²) in [4.78, 5) is 11.0. The zero-order chi connectivity index (χ0) is 13.4. The van der Waals surface area contributed by atoms with Crippen molar-refractivity contribution >= 4 is 5.91 Å². The first-order chi connectivity index (χ1) is 8.39. The van der Waals surface area contributed by atoms with Crippen LogP contribution in [0, 0.1) is 0 Å². The fraction of sp³-hybridized carbons (Fsp3) is 0.417. The monoisotopic (exact) mass is 259 g/mol. The predicted octanol–water partition coefficient (Wildman–Crippen LogP) is 2.36. The number of benzene rings is 1. The lowest BCUT2D eigenvalue weighted by Gasteiger charge is -2.21. The van der Waals surface area contributed by atoms with E-state index in [4.69, 9.17) is 4.74 Å². The summed E-state index contributed by atoms with van der Waals surface area (Å²) in [6.07, 6.45) is -3.90. The number of carbonyl (C=O) groups excluding carboxylic acids is 1. The molecular weight excluding hydrogens is 247 g/mol. The molecule has 1 aliphatic rings. The number of methoxy groups -OCH3 is 1. The van der Waals surface area contributed by atoms with E-state index in [1.54, 1.807) is 24.3 Å². The van der Waals surface area contributed by atoms with Crippen LogP contribution in [0.15, 0.2) is 24.3 Å². The number of hydrogen-bond acceptors (Lipinski definition) is 2. The van der Waals surface area contributed by atoms with Gasteiger partial charge in [0.15, 0.2) is 0 Å². The Morgan fingerprint density at radius 2 is 1.94 bits per heavy atom. The van der Waals surface area contributed by atoms with Gasteiger partial charge in [0.2, 0.25) is 0 Å². The van der Waals surface area contributed by atoms with Gasteiger partial charge in [0.05, 0.1) is 12.6 Å². The van der Waals surface area contributed by atoms with Gasteiger partial charge in [-0.05, 0) is 18.9 Å². The van der Waals surface area contributed by atoms with Crippen LogP contribution in [-0.4, -0.2) is 19.2 Å². The van der Waals surface area contributed by atoms with E-state index in [0.29, 0.717) is 24.2 Å². The predicted molar refractivity (Wildman–Crippen MR) is 58.1 cm³/mol. The van der Waals surface area contributed by atoms with Crippen molar-refractivity contribution in [1.82, 2.24) is 5.32 Å². The van der Waals surface area contributed by atoms with Crippen molar-refractivity contribution < 1.29 is 22.7 Å². The van der Waals surface area contributed by atoms with E-state index in [-0.39, 0.29) is 0 Å². The number of halogens is 3. The maximum Gasteiger partial charge on any atom is 0.471 e. The van der Waals surface area contributed by atoms with Gasteiger partial charge in [-0.15, -0.1) is 0 Å². The number of hydrogen-bond donors (Lipinski definition) is 1. The Kier molecular flexibility index (Phi) is 2.96. The first kappa shape index (κ1) is 12.7. The summed E-state index contributed by atoms with van der Waals surface area (Å²) in [5, 5.41) is 2.05. The Bertz CT molecular complexity index is 467. The van der Waals surface area contributed by atoms with Crippen LogP contribution in [0.25, 0.3) is 0 Å². The van der Waals surface area contributed by atoms with Crippen LogP contribution in [0.5, 0.6) is 5.75 Å². The maximum absolute atomic E-state index is 12.3.